The molecule has 7 heteroatoms. The van der Waals surface area contributed by atoms with Gasteiger partial charge in [-0.1, -0.05) is 18.3 Å². The molecule has 0 fully saturated rings. The van der Waals surface area contributed by atoms with E-state index in [0.717, 1.165) is 0 Å². The monoisotopic (exact) mass is 288 g/mol. The number of methoxy groups -OCH3 is 1. The first-order chi connectivity index (χ1) is 8.29. The van der Waals surface area contributed by atoms with Crippen LogP contribution in [0, 0.1) is 0 Å². The van der Waals surface area contributed by atoms with Crippen LogP contribution in [0.25, 0.3) is 0 Å². The Bertz CT molecular complexity index is 553. The summed E-state index contributed by atoms with van der Waals surface area (Å²) in [4.78, 5) is 0.107. The highest BCUT2D eigenvalue weighted by molar-refractivity contribution is 7.93. The van der Waals surface area contributed by atoms with Gasteiger partial charge in [0.25, 0.3) is 0 Å². The second-order valence-corrected chi connectivity index (χ2v) is 6.62. The normalized spacial score (nSPS) is 11.3. The topological polar surface area (TPSA) is 81.4 Å². The number of rotatable bonds is 5. The minimum atomic E-state index is -3.49. The average Bonchev–Trinajstić information content (AvgIpc) is 2.28. The van der Waals surface area contributed by atoms with Gasteiger partial charge in [0.05, 0.1) is 12.4 Å². The van der Waals surface area contributed by atoms with E-state index in [1.54, 1.807) is 32.0 Å². The minimum Gasteiger partial charge on any atom is -0.495 e. The zero-order chi connectivity index (χ0) is 13.9. The summed E-state index contributed by atoms with van der Waals surface area (Å²) in [7, 11) is -2.03. The number of hydrogen-bond donors (Lipinski definition) is 2. The first-order valence-electron chi connectivity index (χ1n) is 5.28. The number of nitrogens with one attached hydrogen (secondary N) is 1. The predicted molar refractivity (Wildman–Crippen MR) is 76.6 cm³/mol. The fourth-order valence-corrected chi connectivity index (χ4v) is 2.17. The Hall–Kier alpha value is -1.34. The highest BCUT2D eigenvalue weighted by Crippen LogP contribution is 2.29. The number of para-hydroxylation sites is 1. The quantitative estimate of drug-likeness (QED) is 0.802. The summed E-state index contributed by atoms with van der Waals surface area (Å²) < 4.78 is 31.4. The van der Waals surface area contributed by atoms with E-state index >= 15 is 0 Å². The molecule has 1 aromatic carbocycles. The molecule has 0 amide bonds. The van der Waals surface area contributed by atoms with Gasteiger partial charge in [0.15, 0.2) is 0 Å². The Kier molecular flexibility index (Phi) is 4.53. The highest BCUT2D eigenvalue weighted by Gasteiger charge is 2.20. The van der Waals surface area contributed by atoms with Gasteiger partial charge in [-0.15, -0.1) is 0 Å². The van der Waals surface area contributed by atoms with Crippen LogP contribution in [0.2, 0.25) is 0 Å². The molecule has 0 saturated carbocycles. The fourth-order valence-electron chi connectivity index (χ4n) is 1.27. The van der Waals surface area contributed by atoms with Crippen LogP contribution in [0.5, 0.6) is 5.75 Å². The van der Waals surface area contributed by atoms with Crippen LogP contribution in [0.4, 0.5) is 5.69 Å². The van der Waals surface area contributed by atoms with Gasteiger partial charge in [-0.2, -0.15) is 0 Å². The summed E-state index contributed by atoms with van der Waals surface area (Å²) in [6.45, 7) is 3.16. The van der Waals surface area contributed by atoms with Gasteiger partial charge in [0, 0.05) is 5.56 Å². The molecule has 100 valence electrons. The maximum absolute atomic E-state index is 11.9. The van der Waals surface area contributed by atoms with E-state index in [4.69, 9.17) is 22.7 Å². The molecule has 18 heavy (non-hydrogen) atoms. The largest absolute Gasteiger partial charge is 0.495 e. The third-order valence-electron chi connectivity index (χ3n) is 2.38. The number of sulfonamides is 1. The van der Waals surface area contributed by atoms with Crippen LogP contribution in [0.15, 0.2) is 18.2 Å². The molecule has 0 bridgehead atoms. The Morgan fingerprint density at radius 1 is 1.44 bits per heavy atom. The van der Waals surface area contributed by atoms with Crippen LogP contribution in [0.1, 0.15) is 19.4 Å². The molecule has 0 saturated heterocycles. The maximum atomic E-state index is 11.9. The third-order valence-corrected chi connectivity index (χ3v) is 4.33. The van der Waals surface area contributed by atoms with Crippen molar-refractivity contribution in [2.75, 3.05) is 11.8 Å². The highest BCUT2D eigenvalue weighted by atomic mass is 32.2. The number of ether oxygens (including phenoxy) is 1. The van der Waals surface area contributed by atoms with E-state index < -0.39 is 15.3 Å². The van der Waals surface area contributed by atoms with Gasteiger partial charge in [-0.05, 0) is 26.0 Å². The number of anilines is 1. The van der Waals surface area contributed by atoms with Gasteiger partial charge >= 0.3 is 0 Å². The summed E-state index contributed by atoms with van der Waals surface area (Å²) in [6.07, 6.45) is 0. The van der Waals surface area contributed by atoms with Crippen LogP contribution in [-0.2, 0) is 10.0 Å². The van der Waals surface area contributed by atoms with Crippen molar-refractivity contribution in [1.82, 2.24) is 0 Å². The van der Waals surface area contributed by atoms with E-state index in [9.17, 15) is 8.42 Å². The lowest BCUT2D eigenvalue weighted by molar-refractivity contribution is 0.417. The van der Waals surface area contributed by atoms with E-state index in [1.807, 2.05) is 0 Å². The molecule has 5 nitrogen and oxygen atoms in total. The standard InChI is InChI=1S/C11H16N2O3S2/c1-7(2)18(14,15)13-10-8(11(12)17)5-4-6-9(10)16-3/h4-7,13H,1-3H3,(H2,12,17). The van der Waals surface area contributed by atoms with Crippen LogP contribution >= 0.6 is 12.2 Å². The maximum Gasteiger partial charge on any atom is 0.235 e. The number of benzene rings is 1. The summed E-state index contributed by atoms with van der Waals surface area (Å²) in [5.41, 5.74) is 6.29. The van der Waals surface area contributed by atoms with Crippen molar-refractivity contribution in [3.05, 3.63) is 23.8 Å². The first kappa shape index (κ1) is 14.7. The molecule has 0 spiro atoms. The number of nitrogens with two attached hydrogens (primary N) is 1. The molecular formula is C11H16N2O3S2. The van der Waals surface area contributed by atoms with Crippen molar-refractivity contribution < 1.29 is 13.2 Å². The predicted octanol–water partition coefficient (Wildman–Crippen LogP) is 1.48. The van der Waals surface area contributed by atoms with Crippen molar-refractivity contribution in [1.29, 1.82) is 0 Å². The van der Waals surface area contributed by atoms with Gasteiger partial charge in [0.1, 0.15) is 16.4 Å². The lowest BCUT2D eigenvalue weighted by Gasteiger charge is -2.16. The van der Waals surface area contributed by atoms with Gasteiger partial charge in [0.2, 0.25) is 10.0 Å². The molecule has 0 heterocycles. The summed E-state index contributed by atoms with van der Waals surface area (Å²) in [5.74, 6) is 0.379. The Morgan fingerprint density at radius 2 is 2.06 bits per heavy atom. The fraction of sp³-hybridized carbons (Fsp3) is 0.364. The van der Waals surface area contributed by atoms with Gasteiger partial charge < -0.3 is 10.5 Å². The molecule has 0 unspecified atom stereocenters. The Morgan fingerprint density at radius 3 is 2.50 bits per heavy atom. The molecule has 1 aromatic rings. The van der Waals surface area contributed by atoms with E-state index in [2.05, 4.69) is 4.72 Å². The lowest BCUT2D eigenvalue weighted by atomic mass is 10.1. The van der Waals surface area contributed by atoms with E-state index in [1.165, 1.54) is 7.11 Å². The third kappa shape index (κ3) is 3.11. The van der Waals surface area contributed by atoms with Crippen molar-refractivity contribution in [2.24, 2.45) is 5.73 Å². The molecule has 0 radical (unpaired) electrons. The first-order valence-corrected chi connectivity index (χ1v) is 7.23. The van der Waals surface area contributed by atoms with Crippen molar-refractivity contribution in [2.45, 2.75) is 19.1 Å². The van der Waals surface area contributed by atoms with Crippen LogP contribution in [0.3, 0.4) is 0 Å². The molecule has 1 rings (SSSR count). The Labute approximate surface area is 112 Å². The Balaban J connectivity index is 3.34. The smallest absolute Gasteiger partial charge is 0.235 e. The van der Waals surface area contributed by atoms with Crippen LogP contribution < -0.4 is 15.2 Å². The van der Waals surface area contributed by atoms with Gasteiger partial charge in [-0.25, -0.2) is 8.42 Å². The molecule has 0 aliphatic carbocycles. The summed E-state index contributed by atoms with van der Waals surface area (Å²) >= 11 is 4.90. The molecule has 3 N–H and O–H groups in total. The van der Waals surface area contributed by atoms with Crippen molar-refractivity contribution >= 4 is 32.9 Å². The van der Waals surface area contributed by atoms with Crippen LogP contribution in [-0.4, -0.2) is 25.8 Å². The molecule has 0 atom stereocenters. The van der Waals surface area contributed by atoms with E-state index in [0.29, 0.717) is 11.3 Å². The SMILES string of the molecule is COc1cccc(C(N)=S)c1NS(=O)(=O)C(C)C. The molecule has 0 aliphatic heterocycles. The minimum absolute atomic E-state index is 0.107. The summed E-state index contributed by atoms with van der Waals surface area (Å²) in [6, 6.07) is 4.98. The zero-order valence-corrected chi connectivity index (χ0v) is 12.1. The zero-order valence-electron chi connectivity index (χ0n) is 10.4. The number of hydrogen-bond acceptors (Lipinski definition) is 4. The van der Waals surface area contributed by atoms with Crippen molar-refractivity contribution in [3.63, 3.8) is 0 Å². The molecule has 0 aromatic heterocycles. The van der Waals surface area contributed by atoms with Gasteiger partial charge in [-0.3, -0.25) is 4.72 Å². The molecule has 0 aliphatic rings. The second kappa shape index (κ2) is 5.53. The summed E-state index contributed by atoms with van der Waals surface area (Å²) in [5, 5.41) is -0.568. The molecular weight excluding hydrogens is 272 g/mol. The van der Waals surface area contributed by atoms with E-state index in [-0.39, 0.29) is 10.7 Å². The number of thiocarbonyl (C=S) groups is 1. The average molecular weight is 288 g/mol. The second-order valence-electron chi connectivity index (χ2n) is 3.94. The lowest BCUT2D eigenvalue weighted by Crippen LogP contribution is -2.25. The van der Waals surface area contributed by atoms with Crippen molar-refractivity contribution in [3.8, 4) is 5.75 Å².